The van der Waals surface area contributed by atoms with E-state index in [1.54, 1.807) is 0 Å². The summed E-state index contributed by atoms with van der Waals surface area (Å²) in [5.74, 6) is 0.130. The van der Waals surface area contributed by atoms with Crippen molar-refractivity contribution in [2.45, 2.75) is 33.7 Å². The van der Waals surface area contributed by atoms with Gasteiger partial charge >= 0.3 is 0 Å². The van der Waals surface area contributed by atoms with Gasteiger partial charge in [0.15, 0.2) is 0 Å². The highest BCUT2D eigenvalue weighted by Gasteiger charge is 2.04. The van der Waals surface area contributed by atoms with Gasteiger partial charge < -0.3 is 5.32 Å². The average Bonchev–Trinajstić information content (AvgIpc) is 2.29. The van der Waals surface area contributed by atoms with E-state index in [-0.39, 0.29) is 5.92 Å². The number of hydrogen-bond acceptors (Lipinski definition) is 2. The van der Waals surface area contributed by atoms with Gasteiger partial charge in [0.05, 0.1) is 12.0 Å². The van der Waals surface area contributed by atoms with Gasteiger partial charge in [-0.3, -0.25) is 0 Å². The second-order valence-electron chi connectivity index (χ2n) is 4.30. The zero-order valence-corrected chi connectivity index (χ0v) is 10.4. The van der Waals surface area contributed by atoms with Crippen LogP contribution in [0.25, 0.3) is 0 Å². The Bertz CT molecular complexity index is 377. The maximum atomic E-state index is 8.83. The Labute approximate surface area is 98.3 Å². The number of nitrogens with one attached hydrogen (secondary N) is 1. The molecule has 2 heteroatoms. The lowest BCUT2D eigenvalue weighted by Crippen LogP contribution is -2.21. The predicted molar refractivity (Wildman–Crippen MR) is 67.0 cm³/mol. The fourth-order valence-electron chi connectivity index (χ4n) is 1.65. The van der Waals surface area contributed by atoms with Gasteiger partial charge in [-0.25, -0.2) is 0 Å². The molecule has 0 fully saturated rings. The van der Waals surface area contributed by atoms with E-state index in [1.165, 1.54) is 16.7 Å². The average molecular weight is 216 g/mol. The van der Waals surface area contributed by atoms with Crippen LogP contribution in [0, 0.1) is 31.1 Å². The fourth-order valence-corrected chi connectivity index (χ4v) is 1.65. The van der Waals surface area contributed by atoms with E-state index in [9.17, 15) is 0 Å². The standard InChI is InChI=1S/C14H20N2/c1-4-13(8-15)9-16-10-14-7-11(2)5-6-12(14)3/h5-7,13,16H,4,9-10H2,1-3H3. The van der Waals surface area contributed by atoms with E-state index in [0.717, 1.165) is 19.5 Å². The highest BCUT2D eigenvalue weighted by atomic mass is 14.9. The van der Waals surface area contributed by atoms with Gasteiger partial charge in [-0.15, -0.1) is 0 Å². The Balaban J connectivity index is 2.49. The molecule has 0 saturated carbocycles. The summed E-state index contributed by atoms with van der Waals surface area (Å²) in [6, 6.07) is 8.78. The summed E-state index contributed by atoms with van der Waals surface area (Å²) in [6.07, 6.45) is 0.913. The maximum absolute atomic E-state index is 8.83. The molecule has 2 nitrogen and oxygen atoms in total. The van der Waals surface area contributed by atoms with Crippen LogP contribution >= 0.6 is 0 Å². The van der Waals surface area contributed by atoms with Crippen LogP contribution in [-0.4, -0.2) is 6.54 Å². The number of hydrogen-bond donors (Lipinski definition) is 1. The topological polar surface area (TPSA) is 35.8 Å². The minimum Gasteiger partial charge on any atom is -0.311 e. The Morgan fingerprint density at radius 3 is 2.75 bits per heavy atom. The first-order valence-electron chi connectivity index (χ1n) is 5.83. The normalized spacial score (nSPS) is 12.1. The summed E-state index contributed by atoms with van der Waals surface area (Å²) in [4.78, 5) is 0. The first-order chi connectivity index (χ1) is 7.67. The van der Waals surface area contributed by atoms with Crippen LogP contribution in [0.2, 0.25) is 0 Å². The molecule has 1 atom stereocenters. The van der Waals surface area contributed by atoms with Crippen molar-refractivity contribution in [1.82, 2.24) is 5.32 Å². The lowest BCUT2D eigenvalue weighted by molar-refractivity contribution is 0.552. The van der Waals surface area contributed by atoms with Crippen molar-refractivity contribution in [3.63, 3.8) is 0 Å². The smallest absolute Gasteiger partial charge is 0.0669 e. The summed E-state index contributed by atoms with van der Waals surface area (Å²) in [5.41, 5.74) is 3.92. The van der Waals surface area contributed by atoms with Crippen molar-refractivity contribution in [2.24, 2.45) is 5.92 Å². The summed E-state index contributed by atoms with van der Waals surface area (Å²) in [5, 5.41) is 12.2. The van der Waals surface area contributed by atoms with E-state index in [4.69, 9.17) is 5.26 Å². The number of nitriles is 1. The van der Waals surface area contributed by atoms with Crippen LogP contribution in [0.3, 0.4) is 0 Å². The molecule has 0 saturated heterocycles. The molecule has 16 heavy (non-hydrogen) atoms. The molecule has 1 aromatic carbocycles. The van der Waals surface area contributed by atoms with E-state index < -0.39 is 0 Å². The summed E-state index contributed by atoms with van der Waals surface area (Å²) in [6.45, 7) is 7.91. The van der Waals surface area contributed by atoms with Gasteiger partial charge in [0.25, 0.3) is 0 Å². The zero-order valence-electron chi connectivity index (χ0n) is 10.4. The number of benzene rings is 1. The molecule has 0 spiro atoms. The monoisotopic (exact) mass is 216 g/mol. The first kappa shape index (κ1) is 12.7. The third-order valence-electron chi connectivity index (χ3n) is 2.89. The largest absolute Gasteiger partial charge is 0.311 e. The third-order valence-corrected chi connectivity index (χ3v) is 2.89. The van der Waals surface area contributed by atoms with Crippen LogP contribution in [0.4, 0.5) is 0 Å². The van der Waals surface area contributed by atoms with Crippen LogP contribution in [-0.2, 0) is 6.54 Å². The molecule has 0 aromatic heterocycles. The summed E-state index contributed by atoms with van der Waals surface area (Å²) in [7, 11) is 0. The molecule has 0 radical (unpaired) electrons. The predicted octanol–water partition coefficient (Wildman–Crippen LogP) is 2.94. The van der Waals surface area contributed by atoms with Crippen LogP contribution in [0.15, 0.2) is 18.2 Å². The Kier molecular flexibility index (Phi) is 5.01. The molecular weight excluding hydrogens is 196 g/mol. The molecule has 1 aromatic rings. The van der Waals surface area contributed by atoms with Crippen molar-refractivity contribution in [1.29, 1.82) is 5.26 Å². The molecule has 1 unspecified atom stereocenters. The van der Waals surface area contributed by atoms with Crippen LogP contribution in [0.1, 0.15) is 30.0 Å². The molecule has 86 valence electrons. The number of rotatable bonds is 5. The molecule has 1 rings (SSSR count). The second-order valence-corrected chi connectivity index (χ2v) is 4.30. The van der Waals surface area contributed by atoms with Gasteiger partial charge in [0.2, 0.25) is 0 Å². The van der Waals surface area contributed by atoms with E-state index in [0.29, 0.717) is 0 Å². The van der Waals surface area contributed by atoms with Crippen molar-refractivity contribution in [2.75, 3.05) is 6.54 Å². The van der Waals surface area contributed by atoms with Crippen LogP contribution < -0.4 is 5.32 Å². The first-order valence-corrected chi connectivity index (χ1v) is 5.83. The Hall–Kier alpha value is -1.33. The van der Waals surface area contributed by atoms with Gasteiger partial charge in [-0.1, -0.05) is 30.7 Å². The minimum absolute atomic E-state index is 0.130. The van der Waals surface area contributed by atoms with Crippen LogP contribution in [0.5, 0.6) is 0 Å². The summed E-state index contributed by atoms with van der Waals surface area (Å²) < 4.78 is 0. The highest BCUT2D eigenvalue weighted by molar-refractivity contribution is 5.30. The van der Waals surface area contributed by atoms with E-state index in [2.05, 4.69) is 43.4 Å². The Morgan fingerprint density at radius 1 is 1.38 bits per heavy atom. The van der Waals surface area contributed by atoms with Crippen molar-refractivity contribution in [3.8, 4) is 6.07 Å². The van der Waals surface area contributed by atoms with Crippen molar-refractivity contribution < 1.29 is 0 Å². The molecule has 0 amide bonds. The molecule has 0 heterocycles. The third kappa shape index (κ3) is 3.67. The minimum atomic E-state index is 0.130. The molecule has 0 aliphatic carbocycles. The second kappa shape index (κ2) is 6.30. The van der Waals surface area contributed by atoms with E-state index in [1.807, 2.05) is 6.92 Å². The SMILES string of the molecule is CCC(C#N)CNCc1cc(C)ccc1C. The quantitative estimate of drug-likeness (QED) is 0.821. The van der Waals surface area contributed by atoms with Gasteiger partial charge in [0.1, 0.15) is 0 Å². The van der Waals surface area contributed by atoms with E-state index >= 15 is 0 Å². The lowest BCUT2D eigenvalue weighted by Gasteiger charge is -2.10. The molecule has 0 aliphatic rings. The van der Waals surface area contributed by atoms with Crippen molar-refractivity contribution >= 4 is 0 Å². The number of aryl methyl sites for hydroxylation is 2. The number of nitrogens with zero attached hydrogens (tertiary/aromatic N) is 1. The maximum Gasteiger partial charge on any atom is 0.0669 e. The summed E-state index contributed by atoms with van der Waals surface area (Å²) >= 11 is 0. The lowest BCUT2D eigenvalue weighted by atomic mass is 10.0. The molecule has 0 aliphatic heterocycles. The molecule has 1 N–H and O–H groups in total. The molecule has 0 bridgehead atoms. The Morgan fingerprint density at radius 2 is 2.12 bits per heavy atom. The molecular formula is C14H20N2. The fraction of sp³-hybridized carbons (Fsp3) is 0.500. The van der Waals surface area contributed by atoms with Crippen molar-refractivity contribution in [3.05, 3.63) is 34.9 Å². The highest BCUT2D eigenvalue weighted by Crippen LogP contribution is 2.10. The van der Waals surface area contributed by atoms with Gasteiger partial charge in [-0.05, 0) is 31.4 Å². The van der Waals surface area contributed by atoms with Gasteiger partial charge in [-0.2, -0.15) is 5.26 Å². The zero-order chi connectivity index (χ0) is 12.0. The van der Waals surface area contributed by atoms with Gasteiger partial charge in [0, 0.05) is 13.1 Å².